The van der Waals surface area contributed by atoms with E-state index in [0.29, 0.717) is 11.3 Å². The van der Waals surface area contributed by atoms with Crippen LogP contribution in [0.1, 0.15) is 15.9 Å². The van der Waals surface area contributed by atoms with Crippen LogP contribution in [0.2, 0.25) is 0 Å². The number of thiophene rings is 1. The summed E-state index contributed by atoms with van der Waals surface area (Å²) in [6.45, 7) is -0.0430. The second-order valence-electron chi connectivity index (χ2n) is 5.27. The molecule has 0 fully saturated rings. The van der Waals surface area contributed by atoms with Gasteiger partial charge in [-0.3, -0.25) is 9.59 Å². The second kappa shape index (κ2) is 7.14. The Morgan fingerprint density at radius 2 is 1.80 bits per heavy atom. The second-order valence-corrected chi connectivity index (χ2v) is 6.22. The van der Waals surface area contributed by atoms with E-state index in [0.717, 1.165) is 10.1 Å². The molecule has 2 aromatic carbocycles. The quantitative estimate of drug-likeness (QED) is 0.628. The fraction of sp³-hybridized carbons (Fsp3) is 0.0556. The molecule has 2 amide bonds. The fourth-order valence-electron chi connectivity index (χ4n) is 2.36. The highest BCUT2D eigenvalue weighted by Gasteiger charge is 2.15. The number of nitrogens with one attached hydrogen (secondary N) is 2. The lowest BCUT2D eigenvalue weighted by Gasteiger charge is -2.08. The average Bonchev–Trinajstić information content (AvgIpc) is 3.07. The number of carboxylic acid groups (broad SMARTS) is 1. The van der Waals surface area contributed by atoms with Crippen LogP contribution in [0.25, 0.3) is 10.1 Å². The van der Waals surface area contributed by atoms with Crippen LogP contribution in [0.4, 0.5) is 5.69 Å². The molecule has 25 heavy (non-hydrogen) atoms. The summed E-state index contributed by atoms with van der Waals surface area (Å²) in [6, 6.07) is 13.7. The topological polar surface area (TPSA) is 95.5 Å². The summed E-state index contributed by atoms with van der Waals surface area (Å²) >= 11 is 1.54. The number of amides is 2. The Hall–Kier alpha value is -3.19. The van der Waals surface area contributed by atoms with Gasteiger partial charge >= 0.3 is 17.8 Å². The highest BCUT2D eigenvalue weighted by molar-refractivity contribution is 7.17. The Morgan fingerprint density at radius 1 is 1.00 bits per heavy atom. The van der Waals surface area contributed by atoms with Crippen LogP contribution < -0.4 is 10.6 Å². The van der Waals surface area contributed by atoms with Crippen LogP contribution in [0, 0.1) is 0 Å². The number of benzene rings is 2. The predicted octanol–water partition coefficient (Wildman–Crippen LogP) is 2.85. The Bertz CT molecular complexity index is 964. The van der Waals surface area contributed by atoms with E-state index in [1.165, 1.54) is 6.07 Å². The van der Waals surface area contributed by atoms with Crippen molar-refractivity contribution in [2.75, 3.05) is 5.32 Å². The summed E-state index contributed by atoms with van der Waals surface area (Å²) < 4.78 is 1.01. The van der Waals surface area contributed by atoms with Crippen molar-refractivity contribution in [3.05, 3.63) is 65.0 Å². The van der Waals surface area contributed by atoms with E-state index in [1.54, 1.807) is 41.7 Å². The molecule has 3 aromatic rings. The Kier molecular flexibility index (Phi) is 4.76. The molecule has 0 aliphatic heterocycles. The number of fused-ring (bicyclic) bond motifs is 1. The Morgan fingerprint density at radius 3 is 2.60 bits per heavy atom. The third-order valence-electron chi connectivity index (χ3n) is 3.61. The molecule has 0 saturated heterocycles. The molecular formula is C18H14N2O4S. The molecular weight excluding hydrogens is 340 g/mol. The van der Waals surface area contributed by atoms with E-state index in [-0.39, 0.29) is 12.1 Å². The first-order valence-electron chi connectivity index (χ1n) is 7.42. The number of carbonyl (C=O) groups excluding carboxylic acids is 2. The maximum atomic E-state index is 12.0. The third kappa shape index (κ3) is 3.84. The van der Waals surface area contributed by atoms with Gasteiger partial charge < -0.3 is 15.7 Å². The summed E-state index contributed by atoms with van der Waals surface area (Å²) in [5.41, 5.74) is 1.04. The molecule has 0 atom stereocenters. The highest BCUT2D eigenvalue weighted by atomic mass is 32.1. The van der Waals surface area contributed by atoms with Crippen molar-refractivity contribution < 1.29 is 19.5 Å². The molecule has 7 heteroatoms. The van der Waals surface area contributed by atoms with E-state index < -0.39 is 17.8 Å². The molecule has 0 saturated carbocycles. The lowest BCUT2D eigenvalue weighted by molar-refractivity contribution is -0.136. The van der Waals surface area contributed by atoms with Gasteiger partial charge in [-0.25, -0.2) is 4.79 Å². The summed E-state index contributed by atoms with van der Waals surface area (Å²) in [5.74, 6) is -2.71. The Balaban J connectivity index is 1.63. The van der Waals surface area contributed by atoms with Crippen molar-refractivity contribution in [1.82, 2.24) is 5.32 Å². The van der Waals surface area contributed by atoms with Crippen LogP contribution in [-0.4, -0.2) is 22.9 Å². The van der Waals surface area contributed by atoms with Gasteiger partial charge in [0.05, 0.1) is 5.56 Å². The largest absolute Gasteiger partial charge is 0.478 e. The van der Waals surface area contributed by atoms with E-state index in [2.05, 4.69) is 10.6 Å². The van der Waals surface area contributed by atoms with Crippen LogP contribution >= 0.6 is 11.3 Å². The normalized spacial score (nSPS) is 10.4. The third-order valence-corrected chi connectivity index (χ3v) is 4.49. The molecule has 6 nitrogen and oxygen atoms in total. The summed E-state index contributed by atoms with van der Waals surface area (Å²) in [7, 11) is 0. The maximum absolute atomic E-state index is 12.0. The summed E-state index contributed by atoms with van der Waals surface area (Å²) in [6.07, 6.45) is 0. The van der Waals surface area contributed by atoms with Crippen molar-refractivity contribution in [3.8, 4) is 0 Å². The van der Waals surface area contributed by atoms with E-state index >= 15 is 0 Å². The minimum absolute atomic E-state index is 0.0430. The molecule has 0 radical (unpaired) electrons. The van der Waals surface area contributed by atoms with Gasteiger partial charge in [0.25, 0.3) is 0 Å². The Labute approximate surface area is 147 Å². The van der Waals surface area contributed by atoms with Crippen LogP contribution in [-0.2, 0) is 16.1 Å². The number of carboxylic acids is 1. The minimum Gasteiger partial charge on any atom is -0.478 e. The molecule has 0 aliphatic rings. The van der Waals surface area contributed by atoms with Crippen molar-refractivity contribution in [2.24, 2.45) is 0 Å². The monoisotopic (exact) mass is 354 g/mol. The zero-order valence-electron chi connectivity index (χ0n) is 13.0. The van der Waals surface area contributed by atoms with Crippen LogP contribution in [0.15, 0.2) is 53.9 Å². The summed E-state index contributed by atoms with van der Waals surface area (Å²) in [5, 5.41) is 17.1. The number of carbonyl (C=O) groups is 3. The van der Waals surface area contributed by atoms with Gasteiger partial charge in [-0.2, -0.15) is 0 Å². The van der Waals surface area contributed by atoms with Crippen molar-refractivity contribution >= 4 is 44.9 Å². The highest BCUT2D eigenvalue weighted by Crippen LogP contribution is 2.24. The van der Waals surface area contributed by atoms with Gasteiger partial charge in [0.2, 0.25) is 0 Å². The zero-order valence-corrected chi connectivity index (χ0v) is 13.8. The lowest BCUT2D eigenvalue weighted by Crippen LogP contribution is -2.35. The van der Waals surface area contributed by atoms with E-state index in [1.807, 2.05) is 17.5 Å². The average molecular weight is 354 g/mol. The molecule has 1 aromatic heterocycles. The molecule has 3 N–H and O–H groups in total. The van der Waals surface area contributed by atoms with Crippen LogP contribution in [0.3, 0.4) is 0 Å². The van der Waals surface area contributed by atoms with Crippen molar-refractivity contribution in [1.29, 1.82) is 0 Å². The molecule has 1 heterocycles. The number of anilines is 1. The first-order chi connectivity index (χ1) is 12.0. The first kappa shape index (κ1) is 16.7. The predicted molar refractivity (Wildman–Crippen MR) is 95.7 cm³/mol. The first-order valence-corrected chi connectivity index (χ1v) is 8.30. The van der Waals surface area contributed by atoms with Crippen molar-refractivity contribution in [3.63, 3.8) is 0 Å². The minimum atomic E-state index is -1.08. The molecule has 0 unspecified atom stereocenters. The van der Waals surface area contributed by atoms with Gasteiger partial charge in [0.15, 0.2) is 0 Å². The molecule has 0 spiro atoms. The van der Waals surface area contributed by atoms with Gasteiger partial charge in [0, 0.05) is 16.9 Å². The number of aromatic carboxylic acids is 1. The summed E-state index contributed by atoms with van der Waals surface area (Å²) in [4.78, 5) is 35.1. The zero-order chi connectivity index (χ0) is 17.8. The van der Waals surface area contributed by atoms with Crippen molar-refractivity contribution in [2.45, 2.75) is 6.54 Å². The standard InChI is InChI=1S/C18H14N2O4S/c21-16(19-10-12-3-1-2-4-14(12)18(23)24)17(22)20-13-6-5-11-7-8-25-15(11)9-13/h1-9H,10H2,(H,19,21)(H,20,22)(H,23,24). The van der Waals surface area contributed by atoms with E-state index in [4.69, 9.17) is 5.11 Å². The van der Waals surface area contributed by atoms with E-state index in [9.17, 15) is 14.4 Å². The number of hydrogen-bond donors (Lipinski definition) is 3. The lowest BCUT2D eigenvalue weighted by atomic mass is 10.1. The molecule has 0 aliphatic carbocycles. The molecule has 126 valence electrons. The van der Waals surface area contributed by atoms with Gasteiger partial charge in [0.1, 0.15) is 0 Å². The number of hydrogen-bond acceptors (Lipinski definition) is 4. The SMILES string of the molecule is O=C(NCc1ccccc1C(=O)O)C(=O)Nc1ccc2ccsc2c1. The molecule has 3 rings (SSSR count). The van der Waals surface area contributed by atoms with Gasteiger partial charge in [-0.05, 0) is 40.6 Å². The van der Waals surface area contributed by atoms with Crippen LogP contribution in [0.5, 0.6) is 0 Å². The molecule has 0 bridgehead atoms. The van der Waals surface area contributed by atoms with Gasteiger partial charge in [-0.1, -0.05) is 24.3 Å². The fourth-order valence-corrected chi connectivity index (χ4v) is 3.19. The maximum Gasteiger partial charge on any atom is 0.336 e. The smallest absolute Gasteiger partial charge is 0.336 e. The van der Waals surface area contributed by atoms with Gasteiger partial charge in [-0.15, -0.1) is 11.3 Å². The number of rotatable bonds is 4.